The van der Waals surface area contributed by atoms with Gasteiger partial charge in [-0.25, -0.2) is 0 Å². The Morgan fingerprint density at radius 3 is 2.62 bits per heavy atom. The first-order chi connectivity index (χ1) is 6.20. The number of aliphatic carboxylic acids is 1. The Balaban J connectivity index is 2.49. The molecule has 70 valence electrons. The van der Waals surface area contributed by atoms with E-state index in [1.54, 1.807) is 0 Å². The Kier molecular flexibility index (Phi) is 3.46. The van der Waals surface area contributed by atoms with Gasteiger partial charge in [-0.15, -0.1) is 0 Å². The van der Waals surface area contributed by atoms with Gasteiger partial charge in [0.05, 0.1) is 6.54 Å². The van der Waals surface area contributed by atoms with E-state index < -0.39 is 5.97 Å². The van der Waals surface area contributed by atoms with E-state index in [0.717, 1.165) is 5.56 Å². The fourth-order valence-electron chi connectivity index (χ4n) is 1.10. The maximum absolute atomic E-state index is 10.3. The summed E-state index contributed by atoms with van der Waals surface area (Å²) in [7, 11) is 0. The van der Waals surface area contributed by atoms with Crippen LogP contribution in [0.3, 0.4) is 0 Å². The molecule has 1 aromatic carbocycles. The van der Waals surface area contributed by atoms with Crippen molar-refractivity contribution in [2.45, 2.75) is 13.0 Å². The molecular weight excluding hydrogens is 166 g/mol. The Hall–Kier alpha value is -1.35. The van der Waals surface area contributed by atoms with Gasteiger partial charge in [-0.1, -0.05) is 30.3 Å². The van der Waals surface area contributed by atoms with Crippen LogP contribution >= 0.6 is 0 Å². The van der Waals surface area contributed by atoms with E-state index in [9.17, 15) is 4.79 Å². The molecule has 0 radical (unpaired) electrons. The molecule has 0 unspecified atom stereocenters. The Morgan fingerprint density at radius 2 is 2.08 bits per heavy atom. The van der Waals surface area contributed by atoms with Gasteiger partial charge in [0.1, 0.15) is 0 Å². The predicted octanol–water partition coefficient (Wildman–Crippen LogP) is 1.42. The second-order valence-corrected chi connectivity index (χ2v) is 2.91. The average molecular weight is 179 g/mol. The summed E-state index contributed by atoms with van der Waals surface area (Å²) in [5.74, 6) is -0.831. The number of carboxylic acid groups (broad SMARTS) is 1. The number of nitrogens with one attached hydrogen (secondary N) is 1. The predicted molar refractivity (Wildman–Crippen MR) is 50.5 cm³/mol. The molecule has 0 aliphatic carbocycles. The molecule has 0 aromatic heterocycles. The summed E-state index contributed by atoms with van der Waals surface area (Å²) in [5, 5.41) is 11.3. The number of hydrogen-bond acceptors (Lipinski definition) is 2. The summed E-state index contributed by atoms with van der Waals surface area (Å²) in [6, 6.07) is 9.84. The van der Waals surface area contributed by atoms with E-state index in [4.69, 9.17) is 5.11 Å². The normalized spacial score (nSPS) is 12.4. The number of rotatable bonds is 4. The van der Waals surface area contributed by atoms with Crippen molar-refractivity contribution < 1.29 is 9.90 Å². The standard InChI is InChI=1S/C10H13NO2/c1-8(11-7-10(12)13)9-5-3-2-4-6-9/h2-6,8,11H,7H2,1H3,(H,12,13)/t8-/m1/s1. The number of hydrogen-bond donors (Lipinski definition) is 2. The first-order valence-electron chi connectivity index (χ1n) is 4.20. The highest BCUT2D eigenvalue weighted by molar-refractivity contribution is 5.69. The van der Waals surface area contributed by atoms with Gasteiger partial charge in [0.15, 0.2) is 0 Å². The van der Waals surface area contributed by atoms with Crippen LogP contribution in [-0.4, -0.2) is 17.6 Å². The monoisotopic (exact) mass is 179 g/mol. The Labute approximate surface area is 77.4 Å². The minimum Gasteiger partial charge on any atom is -0.480 e. The molecule has 1 rings (SSSR count). The quantitative estimate of drug-likeness (QED) is 0.735. The van der Waals surface area contributed by atoms with Crippen molar-refractivity contribution in [1.82, 2.24) is 5.32 Å². The van der Waals surface area contributed by atoms with Crippen LogP contribution in [0.4, 0.5) is 0 Å². The lowest BCUT2D eigenvalue weighted by molar-refractivity contribution is -0.136. The summed E-state index contributed by atoms with van der Waals surface area (Å²) in [5.41, 5.74) is 1.10. The summed E-state index contributed by atoms with van der Waals surface area (Å²) < 4.78 is 0. The molecule has 0 saturated carbocycles. The van der Waals surface area contributed by atoms with Crippen LogP contribution < -0.4 is 5.32 Å². The van der Waals surface area contributed by atoms with E-state index >= 15 is 0 Å². The van der Waals surface area contributed by atoms with E-state index in [-0.39, 0.29) is 12.6 Å². The first kappa shape index (κ1) is 9.74. The highest BCUT2D eigenvalue weighted by atomic mass is 16.4. The molecule has 0 bridgehead atoms. The molecule has 0 spiro atoms. The fourth-order valence-corrected chi connectivity index (χ4v) is 1.10. The van der Waals surface area contributed by atoms with Crippen molar-refractivity contribution in [3.05, 3.63) is 35.9 Å². The molecule has 3 heteroatoms. The lowest BCUT2D eigenvalue weighted by Crippen LogP contribution is -2.25. The lowest BCUT2D eigenvalue weighted by Gasteiger charge is -2.11. The fraction of sp³-hybridized carbons (Fsp3) is 0.300. The van der Waals surface area contributed by atoms with Crippen LogP contribution in [0.2, 0.25) is 0 Å². The molecule has 1 aromatic rings. The zero-order chi connectivity index (χ0) is 9.68. The minimum atomic E-state index is -0.831. The van der Waals surface area contributed by atoms with Crippen LogP contribution in [-0.2, 0) is 4.79 Å². The molecule has 0 fully saturated rings. The molecule has 1 atom stereocenters. The number of benzene rings is 1. The maximum Gasteiger partial charge on any atom is 0.317 e. The molecule has 3 nitrogen and oxygen atoms in total. The SMILES string of the molecule is C[C@@H](NCC(=O)O)c1ccccc1. The molecule has 0 saturated heterocycles. The second kappa shape index (κ2) is 4.62. The first-order valence-corrected chi connectivity index (χ1v) is 4.20. The van der Waals surface area contributed by atoms with E-state index in [1.165, 1.54) is 0 Å². The van der Waals surface area contributed by atoms with Crippen molar-refractivity contribution in [1.29, 1.82) is 0 Å². The van der Waals surface area contributed by atoms with E-state index in [1.807, 2.05) is 37.3 Å². The van der Waals surface area contributed by atoms with Gasteiger partial charge in [0, 0.05) is 6.04 Å². The summed E-state index contributed by atoms with van der Waals surface area (Å²) in [4.78, 5) is 10.3. The lowest BCUT2D eigenvalue weighted by atomic mass is 10.1. The van der Waals surface area contributed by atoms with Gasteiger partial charge in [-0.3, -0.25) is 4.79 Å². The van der Waals surface area contributed by atoms with Crippen molar-refractivity contribution in [2.24, 2.45) is 0 Å². The molecule has 0 amide bonds. The third-order valence-corrected chi connectivity index (χ3v) is 1.86. The van der Waals surface area contributed by atoms with Crippen LogP contribution in [0.5, 0.6) is 0 Å². The van der Waals surface area contributed by atoms with E-state index in [2.05, 4.69) is 5.32 Å². The Bertz CT molecular complexity index is 272. The number of carbonyl (C=O) groups is 1. The average Bonchev–Trinajstić information content (AvgIpc) is 2.15. The van der Waals surface area contributed by atoms with Crippen LogP contribution in [0, 0.1) is 0 Å². The smallest absolute Gasteiger partial charge is 0.317 e. The van der Waals surface area contributed by atoms with Crippen LogP contribution in [0.1, 0.15) is 18.5 Å². The van der Waals surface area contributed by atoms with Gasteiger partial charge in [0.2, 0.25) is 0 Å². The van der Waals surface area contributed by atoms with Crippen LogP contribution in [0.15, 0.2) is 30.3 Å². The van der Waals surface area contributed by atoms with Crippen molar-refractivity contribution in [2.75, 3.05) is 6.54 Å². The van der Waals surface area contributed by atoms with Gasteiger partial charge < -0.3 is 10.4 Å². The summed E-state index contributed by atoms with van der Waals surface area (Å²) in [6.45, 7) is 1.94. The van der Waals surface area contributed by atoms with Gasteiger partial charge >= 0.3 is 5.97 Å². The summed E-state index contributed by atoms with van der Waals surface area (Å²) in [6.07, 6.45) is 0. The minimum absolute atomic E-state index is 0.00391. The molecule has 0 aliphatic heterocycles. The summed E-state index contributed by atoms with van der Waals surface area (Å²) >= 11 is 0. The van der Waals surface area contributed by atoms with Crippen molar-refractivity contribution in [3.8, 4) is 0 Å². The highest BCUT2D eigenvalue weighted by Gasteiger charge is 2.04. The van der Waals surface area contributed by atoms with Crippen LogP contribution in [0.25, 0.3) is 0 Å². The van der Waals surface area contributed by atoms with Gasteiger partial charge in [0.25, 0.3) is 0 Å². The van der Waals surface area contributed by atoms with Gasteiger partial charge in [-0.2, -0.15) is 0 Å². The Morgan fingerprint density at radius 1 is 1.46 bits per heavy atom. The molecule has 0 aliphatic rings. The van der Waals surface area contributed by atoms with Crippen molar-refractivity contribution >= 4 is 5.97 Å². The van der Waals surface area contributed by atoms with Crippen molar-refractivity contribution in [3.63, 3.8) is 0 Å². The largest absolute Gasteiger partial charge is 0.480 e. The maximum atomic E-state index is 10.3. The zero-order valence-electron chi connectivity index (χ0n) is 7.53. The molecule has 2 N–H and O–H groups in total. The van der Waals surface area contributed by atoms with E-state index in [0.29, 0.717) is 0 Å². The molecule has 0 heterocycles. The third kappa shape index (κ3) is 3.25. The topological polar surface area (TPSA) is 49.3 Å². The number of carboxylic acids is 1. The molecular formula is C10H13NO2. The second-order valence-electron chi connectivity index (χ2n) is 2.91. The highest BCUT2D eigenvalue weighted by Crippen LogP contribution is 2.09. The third-order valence-electron chi connectivity index (χ3n) is 1.86. The van der Waals surface area contributed by atoms with Gasteiger partial charge in [-0.05, 0) is 12.5 Å². The zero-order valence-corrected chi connectivity index (χ0v) is 7.53. The molecule has 13 heavy (non-hydrogen) atoms.